The predicted molar refractivity (Wildman–Crippen MR) is 62.3 cm³/mol. The molecule has 0 aliphatic carbocycles. The SMILES string of the molecule is CCC(C#N)CNCc1ccccc1C. The van der Waals surface area contributed by atoms with E-state index in [0.29, 0.717) is 0 Å². The van der Waals surface area contributed by atoms with Crippen molar-refractivity contribution in [1.82, 2.24) is 5.32 Å². The highest BCUT2D eigenvalue weighted by molar-refractivity contribution is 5.25. The van der Waals surface area contributed by atoms with Crippen molar-refractivity contribution in [1.29, 1.82) is 5.26 Å². The third-order valence-corrected chi connectivity index (χ3v) is 2.64. The maximum atomic E-state index is 8.79. The number of benzene rings is 1. The van der Waals surface area contributed by atoms with Crippen molar-refractivity contribution in [2.75, 3.05) is 6.54 Å². The monoisotopic (exact) mass is 202 g/mol. The number of hydrogen-bond acceptors (Lipinski definition) is 2. The van der Waals surface area contributed by atoms with E-state index in [-0.39, 0.29) is 5.92 Å². The van der Waals surface area contributed by atoms with Crippen LogP contribution in [-0.2, 0) is 6.54 Å². The van der Waals surface area contributed by atoms with Crippen molar-refractivity contribution < 1.29 is 0 Å². The Morgan fingerprint density at radius 2 is 2.13 bits per heavy atom. The summed E-state index contributed by atoms with van der Waals surface area (Å²) >= 11 is 0. The molecule has 0 aromatic heterocycles. The zero-order valence-electron chi connectivity index (χ0n) is 9.46. The summed E-state index contributed by atoms with van der Waals surface area (Å²) in [6, 6.07) is 10.6. The molecule has 2 nitrogen and oxygen atoms in total. The molecule has 1 unspecified atom stereocenters. The maximum absolute atomic E-state index is 8.79. The fourth-order valence-corrected chi connectivity index (χ4v) is 1.47. The second kappa shape index (κ2) is 6.21. The molecule has 1 N–H and O–H groups in total. The van der Waals surface area contributed by atoms with Gasteiger partial charge in [0.1, 0.15) is 0 Å². The van der Waals surface area contributed by atoms with Crippen molar-refractivity contribution in [3.05, 3.63) is 35.4 Å². The summed E-state index contributed by atoms with van der Waals surface area (Å²) < 4.78 is 0. The van der Waals surface area contributed by atoms with Crippen molar-refractivity contribution in [2.45, 2.75) is 26.8 Å². The van der Waals surface area contributed by atoms with Crippen LogP contribution >= 0.6 is 0 Å². The molecule has 0 radical (unpaired) electrons. The lowest BCUT2D eigenvalue weighted by molar-refractivity contribution is 0.552. The molecule has 0 heterocycles. The van der Waals surface area contributed by atoms with Gasteiger partial charge in [-0.25, -0.2) is 0 Å². The smallest absolute Gasteiger partial charge is 0.0669 e. The molecule has 0 aliphatic heterocycles. The summed E-state index contributed by atoms with van der Waals surface area (Å²) in [5.41, 5.74) is 2.61. The second-order valence-corrected chi connectivity index (χ2v) is 3.79. The van der Waals surface area contributed by atoms with E-state index < -0.39 is 0 Å². The van der Waals surface area contributed by atoms with Crippen LogP contribution in [0.3, 0.4) is 0 Å². The average Bonchev–Trinajstić information content (AvgIpc) is 2.27. The van der Waals surface area contributed by atoms with Gasteiger partial charge in [0.05, 0.1) is 12.0 Å². The molecule has 0 saturated heterocycles. The Balaban J connectivity index is 2.39. The van der Waals surface area contributed by atoms with Crippen LogP contribution in [0, 0.1) is 24.2 Å². The molecule has 80 valence electrons. The van der Waals surface area contributed by atoms with Crippen LogP contribution in [0.4, 0.5) is 0 Å². The average molecular weight is 202 g/mol. The standard InChI is InChI=1S/C13H18N2/c1-3-12(8-14)9-15-10-13-7-5-4-6-11(13)2/h4-7,12,15H,3,9-10H2,1-2H3. The van der Waals surface area contributed by atoms with Crippen LogP contribution in [-0.4, -0.2) is 6.54 Å². The van der Waals surface area contributed by atoms with Crippen LogP contribution in [0.25, 0.3) is 0 Å². The van der Waals surface area contributed by atoms with E-state index in [4.69, 9.17) is 5.26 Å². The minimum Gasteiger partial charge on any atom is -0.311 e. The zero-order chi connectivity index (χ0) is 11.1. The first-order chi connectivity index (χ1) is 7.27. The fraction of sp³-hybridized carbons (Fsp3) is 0.462. The number of aryl methyl sites for hydroxylation is 1. The Labute approximate surface area is 91.9 Å². The topological polar surface area (TPSA) is 35.8 Å². The third kappa shape index (κ3) is 3.73. The van der Waals surface area contributed by atoms with Crippen LogP contribution in [0.15, 0.2) is 24.3 Å². The molecule has 0 aliphatic rings. The summed E-state index contributed by atoms with van der Waals surface area (Å²) in [5, 5.41) is 12.1. The Morgan fingerprint density at radius 3 is 2.73 bits per heavy atom. The maximum Gasteiger partial charge on any atom is 0.0669 e. The Bertz CT molecular complexity index is 339. The first kappa shape index (κ1) is 11.7. The Hall–Kier alpha value is -1.33. The van der Waals surface area contributed by atoms with Gasteiger partial charge in [-0.3, -0.25) is 0 Å². The molecule has 1 aromatic rings. The molecule has 0 saturated carbocycles. The zero-order valence-corrected chi connectivity index (χ0v) is 9.46. The van der Waals surface area contributed by atoms with Crippen LogP contribution in [0.2, 0.25) is 0 Å². The summed E-state index contributed by atoms with van der Waals surface area (Å²) in [4.78, 5) is 0. The van der Waals surface area contributed by atoms with E-state index in [1.807, 2.05) is 19.1 Å². The second-order valence-electron chi connectivity index (χ2n) is 3.79. The molecule has 1 rings (SSSR count). The number of nitrogens with zero attached hydrogens (tertiary/aromatic N) is 1. The Morgan fingerprint density at radius 1 is 1.40 bits per heavy atom. The lowest BCUT2D eigenvalue weighted by Crippen LogP contribution is -2.21. The molecular weight excluding hydrogens is 184 g/mol. The van der Waals surface area contributed by atoms with Gasteiger partial charge in [-0.15, -0.1) is 0 Å². The fourth-order valence-electron chi connectivity index (χ4n) is 1.47. The van der Waals surface area contributed by atoms with Gasteiger partial charge in [-0.05, 0) is 24.5 Å². The van der Waals surface area contributed by atoms with E-state index in [9.17, 15) is 0 Å². The van der Waals surface area contributed by atoms with Crippen molar-refractivity contribution in [3.63, 3.8) is 0 Å². The van der Waals surface area contributed by atoms with E-state index in [0.717, 1.165) is 19.5 Å². The van der Waals surface area contributed by atoms with Crippen molar-refractivity contribution >= 4 is 0 Å². The lowest BCUT2D eigenvalue weighted by atomic mass is 10.1. The number of nitriles is 1. The molecule has 0 spiro atoms. The van der Waals surface area contributed by atoms with E-state index in [1.54, 1.807) is 0 Å². The first-order valence-electron chi connectivity index (χ1n) is 5.42. The van der Waals surface area contributed by atoms with E-state index in [1.165, 1.54) is 11.1 Å². The number of hydrogen-bond donors (Lipinski definition) is 1. The highest BCUT2D eigenvalue weighted by Crippen LogP contribution is 2.06. The lowest BCUT2D eigenvalue weighted by Gasteiger charge is -2.09. The largest absolute Gasteiger partial charge is 0.311 e. The molecule has 0 fully saturated rings. The van der Waals surface area contributed by atoms with Gasteiger partial charge in [-0.1, -0.05) is 31.2 Å². The summed E-state index contributed by atoms with van der Waals surface area (Å²) in [7, 11) is 0. The molecule has 0 bridgehead atoms. The molecule has 2 heteroatoms. The van der Waals surface area contributed by atoms with Gasteiger partial charge in [0, 0.05) is 13.1 Å². The quantitative estimate of drug-likeness (QED) is 0.796. The van der Waals surface area contributed by atoms with Crippen LogP contribution < -0.4 is 5.32 Å². The van der Waals surface area contributed by atoms with Crippen molar-refractivity contribution in [3.8, 4) is 6.07 Å². The number of rotatable bonds is 5. The highest BCUT2D eigenvalue weighted by Gasteiger charge is 2.03. The van der Waals surface area contributed by atoms with Crippen LogP contribution in [0.5, 0.6) is 0 Å². The van der Waals surface area contributed by atoms with Gasteiger partial charge in [0.15, 0.2) is 0 Å². The van der Waals surface area contributed by atoms with Crippen molar-refractivity contribution in [2.24, 2.45) is 5.92 Å². The van der Waals surface area contributed by atoms with Gasteiger partial charge in [0.2, 0.25) is 0 Å². The van der Waals surface area contributed by atoms with E-state index >= 15 is 0 Å². The molecule has 15 heavy (non-hydrogen) atoms. The van der Waals surface area contributed by atoms with Gasteiger partial charge >= 0.3 is 0 Å². The normalized spacial score (nSPS) is 12.1. The van der Waals surface area contributed by atoms with E-state index in [2.05, 4.69) is 30.4 Å². The van der Waals surface area contributed by atoms with Gasteiger partial charge < -0.3 is 5.32 Å². The minimum absolute atomic E-state index is 0.133. The third-order valence-electron chi connectivity index (χ3n) is 2.64. The van der Waals surface area contributed by atoms with Crippen LogP contribution in [0.1, 0.15) is 24.5 Å². The van der Waals surface area contributed by atoms with Gasteiger partial charge in [-0.2, -0.15) is 5.26 Å². The molecule has 1 atom stereocenters. The predicted octanol–water partition coefficient (Wildman–Crippen LogP) is 2.63. The number of nitrogens with one attached hydrogen (secondary N) is 1. The summed E-state index contributed by atoms with van der Waals surface area (Å²) in [6.07, 6.45) is 0.914. The molecule has 1 aromatic carbocycles. The summed E-state index contributed by atoms with van der Waals surface area (Å²) in [6.45, 7) is 5.79. The molecule has 0 amide bonds. The first-order valence-corrected chi connectivity index (χ1v) is 5.42. The minimum atomic E-state index is 0.133. The molecular formula is C13H18N2. The van der Waals surface area contributed by atoms with Gasteiger partial charge in [0.25, 0.3) is 0 Å². The summed E-state index contributed by atoms with van der Waals surface area (Å²) in [5.74, 6) is 0.133. The Kier molecular flexibility index (Phi) is 4.86. The highest BCUT2D eigenvalue weighted by atomic mass is 14.9.